The van der Waals surface area contributed by atoms with Crippen molar-refractivity contribution in [1.29, 1.82) is 0 Å². The zero-order valence-corrected chi connectivity index (χ0v) is 11.8. The molecule has 0 aliphatic rings. The largest absolute Gasteiger partial charge is 0.439 e. The van der Waals surface area contributed by atoms with Crippen LogP contribution in [0.4, 0.5) is 0 Å². The van der Waals surface area contributed by atoms with Crippen molar-refractivity contribution >= 4 is 15.9 Å². The van der Waals surface area contributed by atoms with Crippen LogP contribution in [-0.4, -0.2) is 10.1 Å². The van der Waals surface area contributed by atoms with E-state index < -0.39 is 6.10 Å². The Hall–Kier alpha value is -1.39. The third kappa shape index (κ3) is 3.09. The van der Waals surface area contributed by atoms with Gasteiger partial charge in [-0.1, -0.05) is 22.0 Å². The minimum Gasteiger partial charge on any atom is -0.439 e. The lowest BCUT2D eigenvalue weighted by Crippen LogP contribution is -1.94. The number of nitrogens with zero attached hydrogens (tertiary/aromatic N) is 1. The third-order valence-electron chi connectivity index (χ3n) is 2.61. The summed E-state index contributed by atoms with van der Waals surface area (Å²) in [6.45, 7) is 3.68. The summed E-state index contributed by atoms with van der Waals surface area (Å²) in [6.07, 6.45) is 1.10. The lowest BCUT2D eigenvalue weighted by atomic mass is 10.2. The topological polar surface area (TPSA) is 42.4 Å². The van der Waals surface area contributed by atoms with E-state index in [1.165, 1.54) is 0 Å². The molecule has 0 aliphatic heterocycles. The Morgan fingerprint density at radius 3 is 2.67 bits per heavy atom. The number of aliphatic hydroxyl groups excluding tert-OH is 1. The predicted octanol–water partition coefficient (Wildman–Crippen LogP) is 4.00. The van der Waals surface area contributed by atoms with E-state index in [1.54, 1.807) is 25.3 Å². The van der Waals surface area contributed by atoms with E-state index in [4.69, 9.17) is 4.74 Å². The highest BCUT2D eigenvalue weighted by atomic mass is 79.9. The van der Waals surface area contributed by atoms with Gasteiger partial charge in [-0.05, 0) is 43.2 Å². The minimum absolute atomic E-state index is 0.514. The van der Waals surface area contributed by atoms with Crippen molar-refractivity contribution in [3.05, 3.63) is 52.1 Å². The average molecular weight is 308 g/mol. The Balaban J connectivity index is 2.21. The van der Waals surface area contributed by atoms with Gasteiger partial charge in [0.25, 0.3) is 0 Å². The molecular weight excluding hydrogens is 294 g/mol. The maximum absolute atomic E-state index is 9.40. The average Bonchev–Trinajstić information content (AvgIpc) is 2.34. The molecule has 1 heterocycles. The number of halogens is 1. The molecule has 2 aromatic rings. The van der Waals surface area contributed by atoms with E-state index in [0.29, 0.717) is 5.88 Å². The number of rotatable bonds is 3. The molecule has 94 valence electrons. The summed E-state index contributed by atoms with van der Waals surface area (Å²) in [6, 6.07) is 9.40. The zero-order valence-electron chi connectivity index (χ0n) is 10.2. The molecular formula is C14H14BrNO2. The molecule has 1 aromatic carbocycles. The Morgan fingerprint density at radius 2 is 2.06 bits per heavy atom. The summed E-state index contributed by atoms with van der Waals surface area (Å²) in [5.41, 5.74) is 1.81. The second-order valence-electron chi connectivity index (χ2n) is 4.12. The molecule has 3 nitrogen and oxygen atoms in total. The van der Waals surface area contributed by atoms with Crippen LogP contribution in [0.2, 0.25) is 0 Å². The molecule has 4 heteroatoms. The molecule has 18 heavy (non-hydrogen) atoms. The third-order valence-corrected chi connectivity index (χ3v) is 3.10. The number of aromatic nitrogens is 1. The van der Waals surface area contributed by atoms with E-state index in [-0.39, 0.29) is 0 Å². The van der Waals surface area contributed by atoms with Crippen LogP contribution in [0.1, 0.15) is 24.2 Å². The van der Waals surface area contributed by atoms with Gasteiger partial charge in [0.15, 0.2) is 0 Å². The van der Waals surface area contributed by atoms with Crippen molar-refractivity contribution in [3.63, 3.8) is 0 Å². The Bertz CT molecular complexity index is 538. The van der Waals surface area contributed by atoms with Crippen molar-refractivity contribution in [2.75, 3.05) is 0 Å². The molecule has 0 aliphatic carbocycles. The van der Waals surface area contributed by atoms with Crippen LogP contribution in [0.25, 0.3) is 0 Å². The number of ether oxygens (including phenoxy) is 1. The molecule has 0 bridgehead atoms. The van der Waals surface area contributed by atoms with Gasteiger partial charge in [-0.2, -0.15) is 0 Å². The van der Waals surface area contributed by atoms with Crippen LogP contribution in [0, 0.1) is 6.92 Å². The van der Waals surface area contributed by atoms with Gasteiger partial charge in [0, 0.05) is 16.7 Å². The summed E-state index contributed by atoms with van der Waals surface area (Å²) in [4.78, 5) is 4.17. The SMILES string of the molecule is Cc1ccc(Br)cc1Oc1ccc([C@H](C)O)cn1. The van der Waals surface area contributed by atoms with Gasteiger partial charge in [0.2, 0.25) is 5.88 Å². The first-order valence-electron chi connectivity index (χ1n) is 5.64. The van der Waals surface area contributed by atoms with Crippen LogP contribution in [-0.2, 0) is 0 Å². The molecule has 0 unspecified atom stereocenters. The van der Waals surface area contributed by atoms with Crippen LogP contribution in [0.15, 0.2) is 41.0 Å². The Morgan fingerprint density at radius 1 is 1.28 bits per heavy atom. The second-order valence-corrected chi connectivity index (χ2v) is 5.03. The van der Waals surface area contributed by atoms with Crippen molar-refractivity contribution in [3.8, 4) is 11.6 Å². The van der Waals surface area contributed by atoms with Gasteiger partial charge in [0.1, 0.15) is 5.75 Å². The number of hydrogen-bond acceptors (Lipinski definition) is 3. The monoisotopic (exact) mass is 307 g/mol. The van der Waals surface area contributed by atoms with E-state index >= 15 is 0 Å². The van der Waals surface area contributed by atoms with Gasteiger partial charge < -0.3 is 9.84 Å². The summed E-state index contributed by atoms with van der Waals surface area (Å²) in [5.74, 6) is 1.28. The van der Waals surface area contributed by atoms with E-state index in [9.17, 15) is 5.11 Å². The summed E-state index contributed by atoms with van der Waals surface area (Å²) >= 11 is 3.41. The molecule has 0 saturated carbocycles. The summed E-state index contributed by atoms with van der Waals surface area (Å²) in [7, 11) is 0. The quantitative estimate of drug-likeness (QED) is 0.932. The van der Waals surface area contributed by atoms with E-state index in [2.05, 4.69) is 20.9 Å². The van der Waals surface area contributed by atoms with Gasteiger partial charge in [-0.25, -0.2) is 4.98 Å². The van der Waals surface area contributed by atoms with Gasteiger partial charge in [-0.3, -0.25) is 0 Å². The lowest BCUT2D eigenvalue weighted by molar-refractivity contribution is 0.198. The van der Waals surface area contributed by atoms with Gasteiger partial charge in [0.05, 0.1) is 6.10 Å². The highest BCUT2D eigenvalue weighted by Gasteiger charge is 2.05. The van der Waals surface area contributed by atoms with Gasteiger partial charge >= 0.3 is 0 Å². The fraction of sp³-hybridized carbons (Fsp3) is 0.214. The van der Waals surface area contributed by atoms with E-state index in [0.717, 1.165) is 21.3 Å². The molecule has 1 N–H and O–H groups in total. The minimum atomic E-state index is -0.515. The Labute approximate surface area is 115 Å². The van der Waals surface area contributed by atoms with Crippen LogP contribution in [0.5, 0.6) is 11.6 Å². The normalized spacial score (nSPS) is 12.2. The first-order valence-corrected chi connectivity index (χ1v) is 6.43. The molecule has 0 amide bonds. The predicted molar refractivity (Wildman–Crippen MR) is 73.8 cm³/mol. The summed E-state index contributed by atoms with van der Waals surface area (Å²) < 4.78 is 6.66. The molecule has 1 aromatic heterocycles. The number of aliphatic hydroxyl groups is 1. The summed E-state index contributed by atoms with van der Waals surface area (Å²) in [5, 5.41) is 9.40. The maximum atomic E-state index is 9.40. The zero-order chi connectivity index (χ0) is 13.1. The fourth-order valence-electron chi connectivity index (χ4n) is 1.50. The number of benzene rings is 1. The number of hydrogen-bond donors (Lipinski definition) is 1. The molecule has 0 fully saturated rings. The molecule has 1 atom stereocenters. The van der Waals surface area contributed by atoms with Crippen molar-refractivity contribution in [2.45, 2.75) is 20.0 Å². The van der Waals surface area contributed by atoms with Crippen LogP contribution in [0.3, 0.4) is 0 Å². The molecule has 0 radical (unpaired) electrons. The van der Waals surface area contributed by atoms with Crippen molar-refractivity contribution in [2.24, 2.45) is 0 Å². The maximum Gasteiger partial charge on any atom is 0.219 e. The highest BCUT2D eigenvalue weighted by Crippen LogP contribution is 2.27. The first kappa shape index (κ1) is 13.1. The second kappa shape index (κ2) is 5.50. The van der Waals surface area contributed by atoms with Crippen molar-refractivity contribution < 1.29 is 9.84 Å². The van der Waals surface area contributed by atoms with Crippen LogP contribution < -0.4 is 4.74 Å². The fourth-order valence-corrected chi connectivity index (χ4v) is 1.84. The smallest absolute Gasteiger partial charge is 0.219 e. The lowest BCUT2D eigenvalue weighted by Gasteiger charge is -2.09. The van der Waals surface area contributed by atoms with Crippen LogP contribution >= 0.6 is 15.9 Å². The highest BCUT2D eigenvalue weighted by molar-refractivity contribution is 9.10. The number of pyridine rings is 1. The van der Waals surface area contributed by atoms with Crippen molar-refractivity contribution in [1.82, 2.24) is 4.98 Å². The first-order chi connectivity index (χ1) is 8.56. The van der Waals surface area contributed by atoms with Gasteiger partial charge in [-0.15, -0.1) is 0 Å². The number of aryl methyl sites for hydroxylation is 1. The Kier molecular flexibility index (Phi) is 3.99. The molecule has 0 spiro atoms. The standard InChI is InChI=1S/C14H14BrNO2/c1-9-3-5-12(15)7-13(9)18-14-6-4-11(8-16-14)10(2)17/h3-8,10,17H,1-2H3/t10-/m0/s1. The molecule has 2 rings (SSSR count). The molecule has 0 saturated heterocycles. The van der Waals surface area contributed by atoms with E-state index in [1.807, 2.05) is 25.1 Å².